The molecule has 25 heavy (non-hydrogen) atoms. The van der Waals surface area contributed by atoms with Crippen LogP contribution in [0.3, 0.4) is 0 Å². The van der Waals surface area contributed by atoms with E-state index in [1.807, 2.05) is 42.1 Å². The molecule has 3 rings (SSSR count). The minimum atomic E-state index is -0.471. The summed E-state index contributed by atoms with van der Waals surface area (Å²) < 4.78 is 7.65. The van der Waals surface area contributed by atoms with E-state index >= 15 is 0 Å². The number of aryl methyl sites for hydroxylation is 2. The average Bonchev–Trinajstić information content (AvgIpc) is 3.13. The Morgan fingerprint density at radius 2 is 2.04 bits per heavy atom. The van der Waals surface area contributed by atoms with Crippen LogP contribution in [0.4, 0.5) is 0 Å². The van der Waals surface area contributed by atoms with E-state index < -0.39 is 6.10 Å². The zero-order chi connectivity index (χ0) is 17.8. The third-order valence-corrected chi connectivity index (χ3v) is 5.13. The molecule has 1 aliphatic heterocycles. The Morgan fingerprint density at radius 1 is 1.28 bits per heavy atom. The fourth-order valence-corrected chi connectivity index (χ4v) is 3.85. The molecule has 1 N–H and O–H groups in total. The molecule has 0 aliphatic carbocycles. The standard InChI is InChI=1S/C20H29N3O2/c1-15-20(16(2)22(3)21-15)19-10-7-11-23(19)12-18(24)14-25-13-17-8-5-4-6-9-17/h4-6,8-9,18-19,24H,7,10-14H2,1-3H3/t18-,19+/m1/s1. The van der Waals surface area contributed by atoms with Gasteiger partial charge in [0.25, 0.3) is 0 Å². The van der Waals surface area contributed by atoms with Crippen LogP contribution < -0.4 is 0 Å². The van der Waals surface area contributed by atoms with E-state index in [9.17, 15) is 5.11 Å². The van der Waals surface area contributed by atoms with Gasteiger partial charge in [0.15, 0.2) is 0 Å². The summed E-state index contributed by atoms with van der Waals surface area (Å²) in [4.78, 5) is 2.38. The molecule has 2 atom stereocenters. The van der Waals surface area contributed by atoms with Crippen LogP contribution >= 0.6 is 0 Å². The first-order valence-electron chi connectivity index (χ1n) is 9.10. The van der Waals surface area contributed by atoms with Crippen molar-refractivity contribution in [2.75, 3.05) is 19.7 Å². The van der Waals surface area contributed by atoms with E-state index in [0.29, 0.717) is 25.8 Å². The lowest BCUT2D eigenvalue weighted by Gasteiger charge is -2.27. The van der Waals surface area contributed by atoms with Crippen molar-refractivity contribution in [3.8, 4) is 0 Å². The number of aromatic nitrogens is 2. The van der Waals surface area contributed by atoms with Crippen molar-refractivity contribution in [3.05, 3.63) is 52.8 Å². The van der Waals surface area contributed by atoms with Crippen LogP contribution in [-0.2, 0) is 18.4 Å². The lowest BCUT2D eigenvalue weighted by Crippen LogP contribution is -2.35. The molecule has 1 aliphatic rings. The molecule has 0 radical (unpaired) electrons. The van der Waals surface area contributed by atoms with Crippen molar-refractivity contribution < 1.29 is 9.84 Å². The normalized spacial score (nSPS) is 19.4. The minimum Gasteiger partial charge on any atom is -0.389 e. The molecule has 5 heteroatoms. The topological polar surface area (TPSA) is 50.5 Å². The second-order valence-corrected chi connectivity index (χ2v) is 7.02. The van der Waals surface area contributed by atoms with Gasteiger partial charge >= 0.3 is 0 Å². The van der Waals surface area contributed by atoms with Gasteiger partial charge in [-0.1, -0.05) is 30.3 Å². The van der Waals surface area contributed by atoms with Gasteiger partial charge in [-0.3, -0.25) is 9.58 Å². The third kappa shape index (κ3) is 4.29. The second kappa shape index (κ2) is 8.13. The highest BCUT2D eigenvalue weighted by atomic mass is 16.5. The number of likely N-dealkylation sites (tertiary alicyclic amines) is 1. The predicted molar refractivity (Wildman–Crippen MR) is 98.3 cm³/mol. The van der Waals surface area contributed by atoms with E-state index in [2.05, 4.69) is 23.8 Å². The lowest BCUT2D eigenvalue weighted by atomic mass is 10.0. The molecule has 1 aromatic carbocycles. The maximum absolute atomic E-state index is 10.4. The molecular formula is C20H29N3O2. The van der Waals surface area contributed by atoms with Crippen LogP contribution in [0.5, 0.6) is 0 Å². The summed E-state index contributed by atoms with van der Waals surface area (Å²) in [5.41, 5.74) is 4.80. The maximum atomic E-state index is 10.4. The van der Waals surface area contributed by atoms with Crippen molar-refractivity contribution in [3.63, 3.8) is 0 Å². The number of β-amino-alcohol motifs (C(OH)–C–C–N with tert-alkyl or cyclic N) is 1. The first-order chi connectivity index (χ1) is 12.1. The number of hydrogen-bond acceptors (Lipinski definition) is 4. The monoisotopic (exact) mass is 343 g/mol. The number of hydrogen-bond donors (Lipinski definition) is 1. The number of aliphatic hydroxyl groups is 1. The van der Waals surface area contributed by atoms with Crippen molar-refractivity contribution >= 4 is 0 Å². The average molecular weight is 343 g/mol. The summed E-state index contributed by atoms with van der Waals surface area (Å²) in [5, 5.41) is 15.0. The largest absolute Gasteiger partial charge is 0.389 e. The van der Waals surface area contributed by atoms with E-state index in [1.54, 1.807) is 0 Å². The highest BCUT2D eigenvalue weighted by Gasteiger charge is 2.31. The van der Waals surface area contributed by atoms with Crippen LogP contribution in [0.1, 0.15) is 41.4 Å². The molecule has 2 heterocycles. The van der Waals surface area contributed by atoms with Crippen LogP contribution in [0, 0.1) is 13.8 Å². The zero-order valence-electron chi connectivity index (χ0n) is 15.5. The van der Waals surface area contributed by atoms with E-state index in [1.165, 1.54) is 11.3 Å². The quantitative estimate of drug-likeness (QED) is 0.840. The summed E-state index contributed by atoms with van der Waals surface area (Å²) in [6.45, 7) is 6.79. The van der Waals surface area contributed by atoms with Gasteiger partial charge in [0.1, 0.15) is 0 Å². The molecule has 1 aromatic heterocycles. The Labute approximate surface area is 150 Å². The number of nitrogens with zero attached hydrogens (tertiary/aromatic N) is 3. The molecule has 1 saturated heterocycles. The summed E-state index contributed by atoms with van der Waals surface area (Å²) in [6, 6.07) is 10.4. The van der Waals surface area contributed by atoms with Gasteiger partial charge in [-0.25, -0.2) is 0 Å². The van der Waals surface area contributed by atoms with E-state index in [4.69, 9.17) is 4.74 Å². The van der Waals surface area contributed by atoms with Gasteiger partial charge in [-0.05, 0) is 38.8 Å². The Bertz CT molecular complexity index is 684. The van der Waals surface area contributed by atoms with Crippen LogP contribution in [0.25, 0.3) is 0 Å². The molecule has 0 unspecified atom stereocenters. The molecule has 0 saturated carbocycles. The molecule has 0 amide bonds. The molecule has 0 spiro atoms. The van der Waals surface area contributed by atoms with E-state index in [0.717, 1.165) is 30.6 Å². The van der Waals surface area contributed by atoms with Gasteiger partial charge in [0, 0.05) is 30.9 Å². The van der Waals surface area contributed by atoms with Gasteiger partial charge < -0.3 is 9.84 Å². The van der Waals surface area contributed by atoms with Crippen molar-refractivity contribution in [1.82, 2.24) is 14.7 Å². The van der Waals surface area contributed by atoms with Crippen LogP contribution in [-0.4, -0.2) is 45.6 Å². The molecule has 136 valence electrons. The maximum Gasteiger partial charge on any atom is 0.0900 e. The van der Waals surface area contributed by atoms with Crippen molar-refractivity contribution in [1.29, 1.82) is 0 Å². The molecule has 0 bridgehead atoms. The number of rotatable bonds is 7. The zero-order valence-corrected chi connectivity index (χ0v) is 15.5. The van der Waals surface area contributed by atoms with Gasteiger partial charge in [0.2, 0.25) is 0 Å². The highest BCUT2D eigenvalue weighted by molar-refractivity contribution is 5.29. The number of benzene rings is 1. The molecule has 2 aromatic rings. The minimum absolute atomic E-state index is 0.359. The van der Waals surface area contributed by atoms with E-state index in [-0.39, 0.29) is 0 Å². The van der Waals surface area contributed by atoms with Crippen LogP contribution in [0.15, 0.2) is 30.3 Å². The number of aliphatic hydroxyl groups excluding tert-OH is 1. The SMILES string of the molecule is Cc1nn(C)c(C)c1[C@@H]1CCCN1C[C@@H](O)COCc1ccccc1. The summed E-state index contributed by atoms with van der Waals surface area (Å²) in [5.74, 6) is 0. The summed E-state index contributed by atoms with van der Waals surface area (Å²) in [6.07, 6.45) is 1.82. The third-order valence-electron chi connectivity index (χ3n) is 5.13. The van der Waals surface area contributed by atoms with Crippen molar-refractivity contribution in [2.24, 2.45) is 7.05 Å². The van der Waals surface area contributed by atoms with Gasteiger partial charge in [-0.2, -0.15) is 5.10 Å². The predicted octanol–water partition coefficient (Wildman–Crippen LogP) is 2.75. The molecule has 5 nitrogen and oxygen atoms in total. The first kappa shape index (κ1) is 18.1. The smallest absolute Gasteiger partial charge is 0.0900 e. The Morgan fingerprint density at radius 3 is 2.72 bits per heavy atom. The molecule has 1 fully saturated rings. The van der Waals surface area contributed by atoms with Crippen molar-refractivity contribution in [2.45, 2.75) is 45.4 Å². The summed E-state index contributed by atoms with van der Waals surface area (Å²) >= 11 is 0. The first-order valence-corrected chi connectivity index (χ1v) is 9.10. The fraction of sp³-hybridized carbons (Fsp3) is 0.550. The van der Waals surface area contributed by atoms with Gasteiger partial charge in [-0.15, -0.1) is 0 Å². The van der Waals surface area contributed by atoms with Crippen LogP contribution in [0.2, 0.25) is 0 Å². The van der Waals surface area contributed by atoms with Gasteiger partial charge in [0.05, 0.1) is 25.0 Å². The highest BCUT2D eigenvalue weighted by Crippen LogP contribution is 2.35. The Hall–Kier alpha value is -1.69. The Kier molecular flexibility index (Phi) is 5.89. The molecular weight excluding hydrogens is 314 g/mol. The number of ether oxygens (including phenoxy) is 1. The second-order valence-electron chi connectivity index (χ2n) is 7.02. The Balaban J connectivity index is 1.54. The fourth-order valence-electron chi connectivity index (χ4n) is 3.85. The lowest BCUT2D eigenvalue weighted by molar-refractivity contribution is 0.00764. The summed E-state index contributed by atoms with van der Waals surface area (Å²) in [7, 11) is 2.00.